The number of hydrogen-bond donors (Lipinski definition) is 0. The van der Waals surface area contributed by atoms with Crippen LogP contribution in [0.1, 0.15) is 47.0 Å². The molecule has 114 valence electrons. The van der Waals surface area contributed by atoms with Gasteiger partial charge in [-0.3, -0.25) is 14.4 Å². The molecule has 1 fully saturated rings. The average molecular weight is 284 g/mol. The van der Waals surface area contributed by atoms with Crippen molar-refractivity contribution in [2.24, 2.45) is 16.2 Å². The number of methoxy groups -OCH3 is 2. The Hall–Kier alpha value is -1.39. The summed E-state index contributed by atoms with van der Waals surface area (Å²) >= 11 is 0. The summed E-state index contributed by atoms with van der Waals surface area (Å²) in [6.45, 7) is 7.01. The van der Waals surface area contributed by atoms with E-state index in [2.05, 4.69) is 0 Å². The summed E-state index contributed by atoms with van der Waals surface area (Å²) in [5, 5.41) is 0. The van der Waals surface area contributed by atoms with Gasteiger partial charge < -0.3 is 9.47 Å². The Kier molecular flexibility index (Phi) is 4.32. The van der Waals surface area contributed by atoms with Gasteiger partial charge >= 0.3 is 11.9 Å². The van der Waals surface area contributed by atoms with E-state index >= 15 is 0 Å². The van der Waals surface area contributed by atoms with E-state index in [0.29, 0.717) is 12.8 Å². The first-order valence-corrected chi connectivity index (χ1v) is 6.81. The molecule has 1 rings (SSSR count). The molecule has 3 atom stereocenters. The normalized spacial score (nSPS) is 37.4. The van der Waals surface area contributed by atoms with Crippen molar-refractivity contribution in [1.29, 1.82) is 0 Å². The highest BCUT2D eigenvalue weighted by Gasteiger charge is 2.61. The van der Waals surface area contributed by atoms with Crippen LogP contribution in [0.15, 0.2) is 0 Å². The summed E-state index contributed by atoms with van der Waals surface area (Å²) in [6.07, 6.45) is 1.06. The Morgan fingerprint density at radius 1 is 1.05 bits per heavy atom. The average Bonchev–Trinajstić information content (AvgIpc) is 2.42. The van der Waals surface area contributed by atoms with Gasteiger partial charge in [0.2, 0.25) is 0 Å². The molecule has 3 unspecified atom stereocenters. The van der Waals surface area contributed by atoms with E-state index in [9.17, 15) is 14.4 Å². The maximum atomic E-state index is 12.7. The Balaban J connectivity index is 3.37. The minimum atomic E-state index is -1.30. The molecule has 0 bridgehead atoms. The highest BCUT2D eigenvalue weighted by atomic mass is 16.5. The third kappa shape index (κ3) is 2.34. The van der Waals surface area contributed by atoms with Gasteiger partial charge in [0.1, 0.15) is 5.41 Å². The molecule has 0 amide bonds. The minimum Gasteiger partial charge on any atom is -0.469 e. The Morgan fingerprint density at radius 2 is 1.55 bits per heavy atom. The van der Waals surface area contributed by atoms with Crippen LogP contribution in [0.25, 0.3) is 0 Å². The van der Waals surface area contributed by atoms with Crippen LogP contribution in [0.3, 0.4) is 0 Å². The molecular weight excluding hydrogens is 260 g/mol. The van der Waals surface area contributed by atoms with Crippen LogP contribution in [0.4, 0.5) is 0 Å². The van der Waals surface area contributed by atoms with E-state index in [1.165, 1.54) is 14.2 Å². The Labute approximate surface area is 120 Å². The van der Waals surface area contributed by atoms with E-state index in [4.69, 9.17) is 9.47 Å². The number of rotatable bonds is 3. The standard InChI is InChI=1S/C15H24O5/c1-7-13(2)8-14(3,11(17)19-5)9-15(4,10(13)16)12(18)20-6/h7-9H2,1-6H3. The van der Waals surface area contributed by atoms with E-state index in [0.717, 1.165) is 0 Å². The summed E-state index contributed by atoms with van der Waals surface area (Å²) in [5.41, 5.74) is -2.90. The summed E-state index contributed by atoms with van der Waals surface area (Å²) in [5.74, 6) is -1.13. The molecule has 20 heavy (non-hydrogen) atoms. The molecule has 0 saturated heterocycles. The van der Waals surface area contributed by atoms with E-state index in [-0.39, 0.29) is 18.2 Å². The van der Waals surface area contributed by atoms with Gasteiger partial charge in [0.25, 0.3) is 0 Å². The topological polar surface area (TPSA) is 69.7 Å². The molecule has 5 heteroatoms. The van der Waals surface area contributed by atoms with Crippen LogP contribution in [-0.4, -0.2) is 31.9 Å². The lowest BCUT2D eigenvalue weighted by atomic mass is 9.53. The summed E-state index contributed by atoms with van der Waals surface area (Å²) in [7, 11) is 2.58. The Bertz CT molecular complexity index is 444. The lowest BCUT2D eigenvalue weighted by Crippen LogP contribution is -2.56. The van der Waals surface area contributed by atoms with Gasteiger partial charge in [-0.1, -0.05) is 13.8 Å². The number of carbonyl (C=O) groups excluding carboxylic acids is 3. The van der Waals surface area contributed by atoms with Crippen molar-refractivity contribution in [2.75, 3.05) is 14.2 Å². The molecule has 1 saturated carbocycles. The molecule has 0 spiro atoms. The highest BCUT2D eigenvalue weighted by Crippen LogP contribution is 2.54. The zero-order valence-electron chi connectivity index (χ0n) is 13.2. The maximum Gasteiger partial charge on any atom is 0.319 e. The predicted octanol–water partition coefficient (Wildman–Crippen LogP) is 2.12. The zero-order valence-corrected chi connectivity index (χ0v) is 13.2. The number of hydrogen-bond acceptors (Lipinski definition) is 5. The zero-order chi connectivity index (χ0) is 15.8. The quantitative estimate of drug-likeness (QED) is 0.586. The van der Waals surface area contributed by atoms with Crippen LogP contribution in [-0.2, 0) is 23.9 Å². The van der Waals surface area contributed by atoms with Crippen molar-refractivity contribution in [3.05, 3.63) is 0 Å². The second kappa shape index (κ2) is 5.19. The third-order valence-electron chi connectivity index (χ3n) is 4.67. The number of ketones is 1. The number of esters is 2. The van der Waals surface area contributed by atoms with Crippen molar-refractivity contribution in [1.82, 2.24) is 0 Å². The van der Waals surface area contributed by atoms with E-state index in [1.807, 2.05) is 6.92 Å². The van der Waals surface area contributed by atoms with Crippen molar-refractivity contribution in [2.45, 2.75) is 47.0 Å². The van der Waals surface area contributed by atoms with Crippen LogP contribution < -0.4 is 0 Å². The second-order valence-electron chi connectivity index (χ2n) is 6.47. The van der Waals surface area contributed by atoms with Gasteiger partial charge in [-0.25, -0.2) is 0 Å². The van der Waals surface area contributed by atoms with Crippen molar-refractivity contribution < 1.29 is 23.9 Å². The van der Waals surface area contributed by atoms with Gasteiger partial charge in [0, 0.05) is 5.41 Å². The van der Waals surface area contributed by atoms with Crippen molar-refractivity contribution >= 4 is 17.7 Å². The van der Waals surface area contributed by atoms with Crippen molar-refractivity contribution in [3.63, 3.8) is 0 Å². The van der Waals surface area contributed by atoms with Gasteiger partial charge in [-0.15, -0.1) is 0 Å². The van der Waals surface area contributed by atoms with Gasteiger partial charge in [0.15, 0.2) is 5.78 Å². The SMILES string of the molecule is CCC1(C)CC(C)(C(=O)OC)CC(C)(C(=O)OC)C1=O. The van der Waals surface area contributed by atoms with Crippen LogP contribution in [0.2, 0.25) is 0 Å². The highest BCUT2D eigenvalue weighted by molar-refractivity contribution is 6.07. The molecule has 0 aliphatic heterocycles. The third-order valence-corrected chi connectivity index (χ3v) is 4.67. The predicted molar refractivity (Wildman–Crippen MR) is 72.9 cm³/mol. The molecule has 0 radical (unpaired) electrons. The minimum absolute atomic E-state index is 0.119. The van der Waals surface area contributed by atoms with E-state index in [1.54, 1.807) is 20.8 Å². The Morgan fingerprint density at radius 3 is 1.95 bits per heavy atom. The maximum absolute atomic E-state index is 12.7. The molecule has 0 heterocycles. The van der Waals surface area contributed by atoms with E-state index < -0.39 is 22.2 Å². The molecule has 1 aliphatic carbocycles. The molecule has 0 aromatic rings. The fourth-order valence-corrected chi connectivity index (χ4v) is 3.60. The van der Waals surface area contributed by atoms with Gasteiger partial charge in [0.05, 0.1) is 19.6 Å². The van der Waals surface area contributed by atoms with Crippen LogP contribution in [0.5, 0.6) is 0 Å². The largest absolute Gasteiger partial charge is 0.469 e. The molecule has 0 N–H and O–H groups in total. The first-order valence-electron chi connectivity index (χ1n) is 6.81. The first kappa shape index (κ1) is 16.7. The number of Topliss-reactive ketones (excluding diaryl/α,β-unsaturated/α-hetero) is 1. The lowest BCUT2D eigenvalue weighted by Gasteiger charge is -2.48. The smallest absolute Gasteiger partial charge is 0.319 e. The lowest BCUT2D eigenvalue weighted by molar-refractivity contribution is -0.176. The molecular formula is C15H24O5. The number of ether oxygens (including phenoxy) is 2. The summed E-state index contributed by atoms with van der Waals surface area (Å²) in [4.78, 5) is 37.0. The molecule has 5 nitrogen and oxygen atoms in total. The number of carbonyl (C=O) groups is 3. The molecule has 1 aliphatic rings. The first-order chi connectivity index (χ1) is 9.09. The van der Waals surface area contributed by atoms with Crippen molar-refractivity contribution in [3.8, 4) is 0 Å². The fourth-order valence-electron chi connectivity index (χ4n) is 3.60. The van der Waals surface area contributed by atoms with Gasteiger partial charge in [-0.2, -0.15) is 0 Å². The summed E-state index contributed by atoms with van der Waals surface area (Å²) in [6, 6.07) is 0. The van der Waals surface area contributed by atoms with Crippen LogP contribution >= 0.6 is 0 Å². The molecule has 0 aromatic heterocycles. The van der Waals surface area contributed by atoms with Crippen LogP contribution in [0, 0.1) is 16.2 Å². The molecule has 0 aromatic carbocycles. The fraction of sp³-hybridized carbons (Fsp3) is 0.800. The second-order valence-corrected chi connectivity index (χ2v) is 6.47. The summed E-state index contributed by atoms with van der Waals surface area (Å²) < 4.78 is 9.67. The van der Waals surface area contributed by atoms with Gasteiger partial charge in [-0.05, 0) is 33.1 Å². The monoisotopic (exact) mass is 284 g/mol.